The SMILES string of the molecule is CN=C(NCCCNC(=O)c1cccc(Br)c1)NCCCOCCOC.I. The van der Waals surface area contributed by atoms with E-state index in [1.54, 1.807) is 26.3 Å². The van der Waals surface area contributed by atoms with E-state index in [9.17, 15) is 4.79 Å². The molecule has 0 radical (unpaired) electrons. The van der Waals surface area contributed by atoms with Gasteiger partial charge in [0, 0.05) is 50.4 Å². The molecule has 0 fully saturated rings. The zero-order valence-corrected chi connectivity index (χ0v) is 19.8. The quantitative estimate of drug-likeness (QED) is 0.159. The number of carbonyl (C=O) groups excluding carboxylic acids is 1. The fourth-order valence-corrected chi connectivity index (χ4v) is 2.47. The van der Waals surface area contributed by atoms with Crippen molar-refractivity contribution in [1.82, 2.24) is 16.0 Å². The van der Waals surface area contributed by atoms with Crippen LogP contribution in [0.15, 0.2) is 33.7 Å². The lowest BCUT2D eigenvalue weighted by Gasteiger charge is -2.12. The third-order valence-corrected chi connectivity index (χ3v) is 3.92. The van der Waals surface area contributed by atoms with Crippen molar-refractivity contribution in [3.05, 3.63) is 34.3 Å². The van der Waals surface area contributed by atoms with Crippen molar-refractivity contribution in [1.29, 1.82) is 0 Å². The normalized spacial score (nSPS) is 10.9. The van der Waals surface area contributed by atoms with Gasteiger partial charge in [-0.2, -0.15) is 0 Å². The zero-order valence-electron chi connectivity index (χ0n) is 15.9. The summed E-state index contributed by atoms with van der Waals surface area (Å²) in [5, 5.41) is 9.36. The number of nitrogens with one attached hydrogen (secondary N) is 3. The largest absolute Gasteiger partial charge is 0.382 e. The molecule has 7 nitrogen and oxygen atoms in total. The average Bonchev–Trinajstić information content (AvgIpc) is 2.65. The Balaban J connectivity index is 0.00000676. The van der Waals surface area contributed by atoms with Gasteiger partial charge < -0.3 is 25.4 Å². The lowest BCUT2D eigenvalue weighted by atomic mass is 10.2. The minimum Gasteiger partial charge on any atom is -0.382 e. The van der Waals surface area contributed by atoms with Gasteiger partial charge in [-0.1, -0.05) is 22.0 Å². The number of ether oxygens (including phenoxy) is 2. The molecule has 0 aliphatic rings. The van der Waals surface area contributed by atoms with Crippen LogP contribution in [0.1, 0.15) is 23.2 Å². The molecule has 1 amide bonds. The van der Waals surface area contributed by atoms with Crippen molar-refractivity contribution in [3.8, 4) is 0 Å². The Morgan fingerprint density at radius 3 is 2.44 bits per heavy atom. The van der Waals surface area contributed by atoms with E-state index in [0.29, 0.717) is 31.9 Å². The van der Waals surface area contributed by atoms with Crippen LogP contribution in [0, 0.1) is 0 Å². The van der Waals surface area contributed by atoms with E-state index in [2.05, 4.69) is 36.9 Å². The van der Waals surface area contributed by atoms with E-state index in [-0.39, 0.29) is 29.9 Å². The van der Waals surface area contributed by atoms with Crippen LogP contribution < -0.4 is 16.0 Å². The third kappa shape index (κ3) is 13.0. The molecule has 0 aromatic heterocycles. The molecule has 1 aromatic rings. The molecular formula is C18H30BrIN4O3. The predicted octanol–water partition coefficient (Wildman–Crippen LogP) is 2.41. The van der Waals surface area contributed by atoms with Crippen LogP contribution in [0.4, 0.5) is 0 Å². The van der Waals surface area contributed by atoms with Gasteiger partial charge in [0.1, 0.15) is 0 Å². The first-order valence-corrected chi connectivity index (χ1v) is 9.51. The lowest BCUT2D eigenvalue weighted by Crippen LogP contribution is -2.39. The summed E-state index contributed by atoms with van der Waals surface area (Å²) in [4.78, 5) is 16.2. The van der Waals surface area contributed by atoms with E-state index >= 15 is 0 Å². The maximum Gasteiger partial charge on any atom is 0.251 e. The summed E-state index contributed by atoms with van der Waals surface area (Å²) >= 11 is 3.37. The van der Waals surface area contributed by atoms with Gasteiger partial charge in [-0.25, -0.2) is 0 Å². The number of nitrogens with zero attached hydrogens (tertiary/aromatic N) is 1. The van der Waals surface area contributed by atoms with Crippen molar-refractivity contribution in [3.63, 3.8) is 0 Å². The summed E-state index contributed by atoms with van der Waals surface area (Å²) in [6.07, 6.45) is 1.70. The number of carbonyl (C=O) groups is 1. The van der Waals surface area contributed by atoms with E-state index in [4.69, 9.17) is 9.47 Å². The summed E-state index contributed by atoms with van der Waals surface area (Å²) in [7, 11) is 3.40. The van der Waals surface area contributed by atoms with E-state index in [0.717, 1.165) is 36.4 Å². The third-order valence-electron chi connectivity index (χ3n) is 3.43. The second-order valence-corrected chi connectivity index (χ2v) is 6.42. The maximum atomic E-state index is 12.0. The number of halogens is 2. The Labute approximate surface area is 187 Å². The highest BCUT2D eigenvalue weighted by Crippen LogP contribution is 2.11. The fraction of sp³-hybridized carbons (Fsp3) is 0.556. The molecule has 3 N–H and O–H groups in total. The summed E-state index contributed by atoms with van der Waals surface area (Å²) in [5.74, 6) is 0.683. The molecule has 0 heterocycles. The minimum absolute atomic E-state index is 0. The van der Waals surface area contributed by atoms with Gasteiger partial charge in [-0.05, 0) is 31.0 Å². The molecule has 27 heavy (non-hydrogen) atoms. The van der Waals surface area contributed by atoms with Crippen molar-refractivity contribution in [2.24, 2.45) is 4.99 Å². The van der Waals surface area contributed by atoms with Crippen LogP contribution in [0.5, 0.6) is 0 Å². The first kappa shape index (κ1) is 26.1. The number of rotatable bonds is 12. The molecule has 0 aliphatic carbocycles. The standard InChI is InChI=1S/C18H29BrN4O3.HI/c1-20-18(23-10-5-11-26-13-12-25-2)22-9-4-8-21-17(24)15-6-3-7-16(19)14-15;/h3,6-7,14H,4-5,8-13H2,1-2H3,(H,21,24)(H2,20,22,23);1H. The average molecular weight is 557 g/mol. The van der Waals surface area contributed by atoms with Gasteiger partial charge in [-0.15, -0.1) is 24.0 Å². The molecule has 0 unspecified atom stereocenters. The molecule has 0 atom stereocenters. The first-order chi connectivity index (χ1) is 12.7. The summed E-state index contributed by atoms with van der Waals surface area (Å²) in [6, 6.07) is 7.34. The Kier molecular flexibility index (Phi) is 16.6. The summed E-state index contributed by atoms with van der Waals surface area (Å²) in [5.41, 5.74) is 0.650. The highest BCUT2D eigenvalue weighted by Gasteiger charge is 2.04. The van der Waals surface area contributed by atoms with E-state index in [1.165, 1.54) is 0 Å². The summed E-state index contributed by atoms with van der Waals surface area (Å²) in [6.45, 7) is 4.04. The second kappa shape index (κ2) is 17.2. The highest BCUT2D eigenvalue weighted by atomic mass is 127. The number of amides is 1. The Hall–Kier alpha value is -0.910. The van der Waals surface area contributed by atoms with Crippen LogP contribution in [-0.2, 0) is 9.47 Å². The number of hydrogen-bond donors (Lipinski definition) is 3. The zero-order chi connectivity index (χ0) is 19.0. The Morgan fingerprint density at radius 1 is 1.07 bits per heavy atom. The minimum atomic E-state index is -0.0673. The van der Waals surface area contributed by atoms with E-state index < -0.39 is 0 Å². The van der Waals surface area contributed by atoms with Gasteiger partial charge in [0.15, 0.2) is 5.96 Å². The van der Waals surface area contributed by atoms with Crippen LogP contribution in [0.3, 0.4) is 0 Å². The molecular weight excluding hydrogens is 527 g/mol. The summed E-state index contributed by atoms with van der Waals surface area (Å²) < 4.78 is 11.2. The van der Waals surface area contributed by atoms with Crippen LogP contribution in [0.25, 0.3) is 0 Å². The molecule has 0 saturated carbocycles. The fourth-order valence-electron chi connectivity index (χ4n) is 2.07. The molecule has 154 valence electrons. The monoisotopic (exact) mass is 556 g/mol. The second-order valence-electron chi connectivity index (χ2n) is 5.50. The Bertz CT molecular complexity index is 561. The molecule has 1 aromatic carbocycles. The maximum absolute atomic E-state index is 12.0. The smallest absolute Gasteiger partial charge is 0.251 e. The predicted molar refractivity (Wildman–Crippen MR) is 123 cm³/mol. The molecule has 0 saturated heterocycles. The molecule has 1 rings (SSSR count). The van der Waals surface area contributed by atoms with Crippen molar-refractivity contribution >= 4 is 51.8 Å². The Morgan fingerprint density at radius 2 is 1.78 bits per heavy atom. The molecule has 0 bridgehead atoms. The molecule has 0 spiro atoms. The van der Waals surface area contributed by atoms with Gasteiger partial charge in [-0.3, -0.25) is 9.79 Å². The van der Waals surface area contributed by atoms with Gasteiger partial charge in [0.05, 0.1) is 13.2 Å². The van der Waals surface area contributed by atoms with Gasteiger partial charge in [0.25, 0.3) is 5.91 Å². The topological polar surface area (TPSA) is 84.0 Å². The number of guanidine groups is 1. The van der Waals surface area contributed by atoms with Crippen molar-refractivity contribution < 1.29 is 14.3 Å². The lowest BCUT2D eigenvalue weighted by molar-refractivity contribution is 0.0698. The van der Waals surface area contributed by atoms with Crippen LogP contribution >= 0.6 is 39.9 Å². The van der Waals surface area contributed by atoms with Crippen molar-refractivity contribution in [2.45, 2.75) is 12.8 Å². The van der Waals surface area contributed by atoms with Crippen LogP contribution in [-0.4, -0.2) is 65.5 Å². The van der Waals surface area contributed by atoms with E-state index in [1.807, 2.05) is 12.1 Å². The number of aliphatic imine (C=N–C) groups is 1. The van der Waals surface area contributed by atoms with Crippen LogP contribution in [0.2, 0.25) is 0 Å². The highest BCUT2D eigenvalue weighted by molar-refractivity contribution is 14.0. The number of hydrogen-bond acceptors (Lipinski definition) is 4. The first-order valence-electron chi connectivity index (χ1n) is 8.72. The van der Waals surface area contributed by atoms with Crippen molar-refractivity contribution in [2.75, 3.05) is 53.6 Å². The number of methoxy groups -OCH3 is 1. The molecule has 0 aliphatic heterocycles. The van der Waals surface area contributed by atoms with Gasteiger partial charge >= 0.3 is 0 Å². The molecule has 9 heteroatoms. The van der Waals surface area contributed by atoms with Gasteiger partial charge in [0.2, 0.25) is 0 Å². The number of benzene rings is 1.